The van der Waals surface area contributed by atoms with Gasteiger partial charge in [0.15, 0.2) is 5.69 Å². The van der Waals surface area contributed by atoms with E-state index in [1.165, 1.54) is 6.20 Å². The molecule has 6 heteroatoms. The zero-order valence-electron chi connectivity index (χ0n) is 15.1. The van der Waals surface area contributed by atoms with Crippen molar-refractivity contribution >= 4 is 33.9 Å². The highest BCUT2D eigenvalue weighted by Crippen LogP contribution is 2.42. The fourth-order valence-electron chi connectivity index (χ4n) is 4.07. The lowest BCUT2D eigenvalue weighted by atomic mass is 9.93. The molecule has 2 heterocycles. The average molecular weight is 381 g/mol. The molecule has 0 saturated heterocycles. The predicted octanol–water partition coefficient (Wildman–Crippen LogP) is 5.27. The topological polar surface area (TPSA) is 68.4 Å². The van der Waals surface area contributed by atoms with Crippen LogP contribution >= 0.6 is 11.6 Å². The Morgan fingerprint density at radius 2 is 2.11 bits per heavy atom. The summed E-state index contributed by atoms with van der Waals surface area (Å²) >= 11 is 6.48. The molecule has 1 aliphatic rings. The molecule has 3 N–H and O–H groups in total. The van der Waals surface area contributed by atoms with Crippen LogP contribution in [0.15, 0.2) is 30.7 Å². The first-order chi connectivity index (χ1) is 13.0. The number of nitrogens with zero attached hydrogens (tertiary/aromatic N) is 3. The highest BCUT2D eigenvalue weighted by atomic mass is 35.5. The summed E-state index contributed by atoms with van der Waals surface area (Å²) in [6.45, 7) is 9.42. The van der Waals surface area contributed by atoms with Gasteiger partial charge in [0.25, 0.3) is 0 Å². The van der Waals surface area contributed by atoms with E-state index in [-0.39, 0.29) is 12.1 Å². The van der Waals surface area contributed by atoms with Crippen LogP contribution in [-0.4, -0.2) is 20.8 Å². The van der Waals surface area contributed by atoms with Crippen LogP contribution in [0.3, 0.4) is 0 Å². The molecule has 2 atom stereocenters. The minimum absolute atomic E-state index is 0.219. The zero-order valence-corrected chi connectivity index (χ0v) is 15.9. The van der Waals surface area contributed by atoms with Gasteiger partial charge in [-0.2, -0.15) is 0 Å². The number of pyridine rings is 1. The summed E-state index contributed by atoms with van der Waals surface area (Å²) in [5.41, 5.74) is 10.7. The Morgan fingerprint density at radius 3 is 2.85 bits per heavy atom. The van der Waals surface area contributed by atoms with Gasteiger partial charge in [0, 0.05) is 35.1 Å². The Labute approximate surface area is 163 Å². The van der Waals surface area contributed by atoms with Crippen molar-refractivity contribution in [1.29, 1.82) is 0 Å². The predicted molar refractivity (Wildman–Crippen MR) is 109 cm³/mol. The van der Waals surface area contributed by atoms with E-state index in [0.29, 0.717) is 16.4 Å². The number of nitrogen functional groups attached to an aromatic ring is 1. The van der Waals surface area contributed by atoms with Crippen LogP contribution in [0.2, 0.25) is 5.02 Å². The van der Waals surface area contributed by atoms with Gasteiger partial charge in [0.2, 0.25) is 0 Å². The van der Waals surface area contributed by atoms with Gasteiger partial charge in [-0.05, 0) is 55.7 Å². The van der Waals surface area contributed by atoms with Crippen molar-refractivity contribution in [3.05, 3.63) is 52.7 Å². The molecule has 0 unspecified atom stereocenters. The molecule has 1 aromatic carbocycles. The SMILES string of the molecule is [C-]#[N+]c1cc2c(-c3cncc(N)c3Cl)cn([C@@H]3CCC[C@@H](O)C3)c2cc1C. The van der Waals surface area contributed by atoms with Crippen molar-refractivity contribution in [2.24, 2.45) is 0 Å². The van der Waals surface area contributed by atoms with Crippen LogP contribution in [0.5, 0.6) is 0 Å². The number of hydrogen-bond donors (Lipinski definition) is 2. The minimum atomic E-state index is -0.272. The van der Waals surface area contributed by atoms with Crippen LogP contribution in [0.25, 0.3) is 26.9 Å². The molecule has 27 heavy (non-hydrogen) atoms. The number of anilines is 1. The smallest absolute Gasteiger partial charge is 0.190 e. The monoisotopic (exact) mass is 380 g/mol. The van der Waals surface area contributed by atoms with Crippen LogP contribution in [0.1, 0.15) is 37.3 Å². The second-order valence-electron chi connectivity index (χ2n) is 7.28. The third kappa shape index (κ3) is 3.05. The van der Waals surface area contributed by atoms with E-state index in [0.717, 1.165) is 53.3 Å². The standard InChI is InChI=1S/C21H21ClN4O/c1-12-6-20-15(8-19(12)24-2)17(16-9-25-10-18(23)21(16)22)11-26(20)13-4-3-5-14(27)7-13/h6,8-11,13-14,27H,3-5,7,23H2,1H3/t13-,14-/m1/s1. The highest BCUT2D eigenvalue weighted by molar-refractivity contribution is 6.36. The second-order valence-corrected chi connectivity index (χ2v) is 7.66. The summed E-state index contributed by atoms with van der Waals surface area (Å²) in [6.07, 6.45) is 8.66. The van der Waals surface area contributed by atoms with E-state index in [9.17, 15) is 5.11 Å². The molecule has 0 aliphatic heterocycles. The van der Waals surface area contributed by atoms with Gasteiger partial charge in [0.1, 0.15) is 0 Å². The average Bonchev–Trinajstić information content (AvgIpc) is 3.01. The van der Waals surface area contributed by atoms with E-state index >= 15 is 0 Å². The number of hydrogen-bond acceptors (Lipinski definition) is 3. The number of nitrogens with two attached hydrogens (primary N) is 1. The summed E-state index contributed by atoms with van der Waals surface area (Å²) < 4.78 is 2.23. The molecule has 5 nitrogen and oxygen atoms in total. The number of halogens is 1. The molecule has 0 bridgehead atoms. The molecule has 4 rings (SSSR count). The van der Waals surface area contributed by atoms with Gasteiger partial charge >= 0.3 is 0 Å². The lowest BCUT2D eigenvalue weighted by Gasteiger charge is -2.28. The molecule has 1 aliphatic carbocycles. The Hall–Kier alpha value is -2.55. The van der Waals surface area contributed by atoms with Crippen molar-refractivity contribution in [3.63, 3.8) is 0 Å². The second kappa shape index (κ2) is 6.88. The first-order valence-corrected chi connectivity index (χ1v) is 9.47. The molecule has 1 saturated carbocycles. The molecule has 0 radical (unpaired) electrons. The number of rotatable bonds is 2. The molecular weight excluding hydrogens is 360 g/mol. The van der Waals surface area contributed by atoms with Gasteiger partial charge in [-0.25, -0.2) is 4.85 Å². The van der Waals surface area contributed by atoms with Gasteiger partial charge in [-0.1, -0.05) is 11.6 Å². The number of aryl methyl sites for hydroxylation is 1. The number of fused-ring (bicyclic) bond motifs is 1. The van der Waals surface area contributed by atoms with Crippen molar-refractivity contribution in [3.8, 4) is 11.1 Å². The first kappa shape index (κ1) is 17.8. The van der Waals surface area contributed by atoms with Crippen molar-refractivity contribution in [2.75, 3.05) is 5.73 Å². The van der Waals surface area contributed by atoms with Gasteiger partial charge in [-0.15, -0.1) is 0 Å². The number of aliphatic hydroxyl groups excluding tert-OH is 1. The van der Waals surface area contributed by atoms with E-state index in [2.05, 4.69) is 26.7 Å². The fourth-order valence-corrected chi connectivity index (χ4v) is 4.27. The molecule has 3 aromatic rings. The molecule has 0 spiro atoms. The third-order valence-corrected chi connectivity index (χ3v) is 5.90. The Morgan fingerprint density at radius 1 is 1.30 bits per heavy atom. The van der Waals surface area contributed by atoms with E-state index < -0.39 is 0 Å². The summed E-state index contributed by atoms with van der Waals surface area (Å²) in [5, 5.41) is 11.6. The van der Waals surface area contributed by atoms with Crippen LogP contribution in [-0.2, 0) is 0 Å². The van der Waals surface area contributed by atoms with Crippen molar-refractivity contribution < 1.29 is 5.11 Å². The Kier molecular flexibility index (Phi) is 4.55. The van der Waals surface area contributed by atoms with Gasteiger partial charge in [-0.3, -0.25) is 4.98 Å². The van der Waals surface area contributed by atoms with Crippen LogP contribution in [0.4, 0.5) is 11.4 Å². The Balaban J connectivity index is 1.98. The largest absolute Gasteiger partial charge is 0.396 e. The van der Waals surface area contributed by atoms with E-state index in [1.807, 2.05) is 13.0 Å². The van der Waals surface area contributed by atoms with Crippen molar-refractivity contribution in [2.45, 2.75) is 44.8 Å². The number of aliphatic hydroxyl groups is 1. The molecular formula is C21H21ClN4O. The summed E-state index contributed by atoms with van der Waals surface area (Å²) in [4.78, 5) is 7.86. The normalized spacial score (nSPS) is 19.9. The summed E-state index contributed by atoms with van der Waals surface area (Å²) in [6, 6.07) is 4.19. The zero-order chi connectivity index (χ0) is 19.1. The minimum Gasteiger partial charge on any atom is -0.396 e. The van der Waals surface area contributed by atoms with E-state index in [1.54, 1.807) is 6.20 Å². The third-order valence-electron chi connectivity index (χ3n) is 5.48. The highest BCUT2D eigenvalue weighted by Gasteiger charge is 2.25. The molecule has 0 amide bonds. The van der Waals surface area contributed by atoms with Gasteiger partial charge < -0.3 is 15.4 Å². The summed E-state index contributed by atoms with van der Waals surface area (Å²) in [7, 11) is 0. The first-order valence-electron chi connectivity index (χ1n) is 9.09. The van der Waals surface area contributed by atoms with Gasteiger partial charge in [0.05, 0.1) is 29.6 Å². The Bertz CT molecular complexity index is 1070. The number of benzene rings is 1. The van der Waals surface area contributed by atoms with Crippen molar-refractivity contribution in [1.82, 2.24) is 9.55 Å². The maximum Gasteiger partial charge on any atom is 0.190 e. The lowest BCUT2D eigenvalue weighted by Crippen LogP contribution is -2.21. The quantitative estimate of drug-likeness (QED) is 0.595. The molecule has 1 fully saturated rings. The van der Waals surface area contributed by atoms with Crippen LogP contribution < -0.4 is 5.73 Å². The molecule has 2 aromatic heterocycles. The molecule has 138 valence electrons. The van der Waals surface area contributed by atoms with Crippen LogP contribution in [0, 0.1) is 13.5 Å². The maximum atomic E-state index is 10.2. The number of aromatic nitrogens is 2. The van der Waals surface area contributed by atoms with E-state index in [4.69, 9.17) is 23.9 Å². The lowest BCUT2D eigenvalue weighted by molar-refractivity contribution is 0.105. The fraction of sp³-hybridized carbons (Fsp3) is 0.333. The summed E-state index contributed by atoms with van der Waals surface area (Å²) in [5.74, 6) is 0. The maximum absolute atomic E-state index is 10.2.